The molecule has 3 aromatic carbocycles. The molecule has 3 heterocycles. The number of fused-ring (bicyclic) bond motifs is 1. The molecule has 0 saturated heterocycles. The Morgan fingerprint density at radius 3 is 2.43 bits per heavy atom. The number of nitrogens with zero attached hydrogens (tertiary/aromatic N) is 5. The van der Waals surface area contributed by atoms with Crippen LogP contribution in [0.15, 0.2) is 100 Å². The van der Waals surface area contributed by atoms with E-state index < -0.39 is 28.5 Å². The van der Waals surface area contributed by atoms with E-state index >= 15 is 0 Å². The highest BCUT2D eigenvalue weighted by Gasteiger charge is 2.33. The van der Waals surface area contributed by atoms with Crippen molar-refractivity contribution in [2.24, 2.45) is 4.99 Å². The zero-order valence-electron chi connectivity index (χ0n) is 26.8. The summed E-state index contributed by atoms with van der Waals surface area (Å²) in [7, 11) is 2.64. The average Bonchev–Trinajstić information content (AvgIpc) is 3.67. The Morgan fingerprint density at radius 2 is 1.78 bits per heavy atom. The van der Waals surface area contributed by atoms with Gasteiger partial charge in [0.1, 0.15) is 5.69 Å². The van der Waals surface area contributed by atoms with Crippen LogP contribution < -0.4 is 19.6 Å². The maximum atomic E-state index is 14.3. The minimum absolute atomic E-state index is 0.0958. The number of hydrogen-bond acceptors (Lipinski definition) is 11. The molecule has 0 spiro atoms. The number of esters is 2. The molecule has 0 fully saturated rings. The topological polar surface area (TPSA) is 157 Å². The monoisotopic (exact) mass is 679 g/mol. The largest absolute Gasteiger partial charge is 0.490 e. The fourth-order valence-corrected chi connectivity index (χ4v) is 6.62. The zero-order valence-corrected chi connectivity index (χ0v) is 27.6. The minimum atomic E-state index is -0.903. The molecule has 248 valence electrons. The Bertz CT molecular complexity index is 2320. The molecule has 6 rings (SSSR count). The van der Waals surface area contributed by atoms with Gasteiger partial charge in [-0.1, -0.05) is 41.7 Å². The second-order valence-corrected chi connectivity index (χ2v) is 11.8. The molecule has 1 unspecified atom stereocenters. The van der Waals surface area contributed by atoms with E-state index in [1.807, 2.05) is 30.3 Å². The molecule has 1 aliphatic rings. The molecule has 0 radical (unpaired) electrons. The minimum Gasteiger partial charge on any atom is -0.490 e. The van der Waals surface area contributed by atoms with Crippen molar-refractivity contribution in [3.63, 3.8) is 0 Å². The number of para-hydroxylation sites is 1. The molecule has 1 aliphatic heterocycles. The first-order chi connectivity index (χ1) is 23.6. The predicted molar refractivity (Wildman–Crippen MR) is 180 cm³/mol. The lowest BCUT2D eigenvalue weighted by atomic mass is 9.95. The molecule has 0 amide bonds. The van der Waals surface area contributed by atoms with Gasteiger partial charge in [0.25, 0.3) is 5.56 Å². The lowest BCUT2D eigenvalue weighted by Gasteiger charge is -2.24. The van der Waals surface area contributed by atoms with Crippen molar-refractivity contribution in [2.75, 3.05) is 20.8 Å². The van der Waals surface area contributed by atoms with Gasteiger partial charge in [0.15, 0.2) is 10.6 Å². The highest BCUT2D eigenvalue weighted by Crippen LogP contribution is 2.34. The van der Waals surface area contributed by atoms with E-state index in [1.165, 1.54) is 30.9 Å². The zero-order chi connectivity index (χ0) is 34.8. The highest BCUT2D eigenvalue weighted by molar-refractivity contribution is 7.07. The van der Waals surface area contributed by atoms with Crippen LogP contribution in [0.1, 0.15) is 41.4 Å². The first-order valence-electron chi connectivity index (χ1n) is 15.0. The van der Waals surface area contributed by atoms with Crippen LogP contribution in [0.3, 0.4) is 0 Å². The maximum Gasteiger partial charge on any atom is 0.338 e. The third kappa shape index (κ3) is 6.16. The van der Waals surface area contributed by atoms with Crippen LogP contribution in [0, 0.1) is 10.1 Å². The van der Waals surface area contributed by atoms with Gasteiger partial charge in [0, 0.05) is 23.4 Å². The second-order valence-electron chi connectivity index (χ2n) is 10.8. The van der Waals surface area contributed by atoms with Crippen molar-refractivity contribution in [1.82, 2.24) is 14.3 Å². The van der Waals surface area contributed by atoms with Gasteiger partial charge >= 0.3 is 17.6 Å². The number of benzene rings is 3. The molecule has 49 heavy (non-hydrogen) atoms. The predicted octanol–water partition coefficient (Wildman–Crippen LogP) is 4.35. The van der Waals surface area contributed by atoms with Crippen molar-refractivity contribution in [3.8, 4) is 22.7 Å². The van der Waals surface area contributed by atoms with Crippen molar-refractivity contribution in [1.29, 1.82) is 0 Å². The van der Waals surface area contributed by atoms with Crippen LogP contribution in [-0.4, -0.2) is 52.0 Å². The second kappa shape index (κ2) is 13.5. The first-order valence-corrected chi connectivity index (χ1v) is 15.8. The summed E-state index contributed by atoms with van der Waals surface area (Å²) < 4.78 is 18.7. The summed E-state index contributed by atoms with van der Waals surface area (Å²) in [6.07, 6.45) is 3.39. The van der Waals surface area contributed by atoms with Crippen LogP contribution in [0.4, 0.5) is 5.69 Å². The van der Waals surface area contributed by atoms with Gasteiger partial charge in [-0.15, -0.1) is 0 Å². The number of ether oxygens (including phenoxy) is 3. The van der Waals surface area contributed by atoms with Crippen LogP contribution in [0.25, 0.3) is 23.0 Å². The van der Waals surface area contributed by atoms with Gasteiger partial charge in [-0.3, -0.25) is 19.5 Å². The van der Waals surface area contributed by atoms with Gasteiger partial charge < -0.3 is 14.2 Å². The molecule has 13 nitrogen and oxygen atoms in total. The lowest BCUT2D eigenvalue weighted by molar-refractivity contribution is -0.385. The summed E-state index contributed by atoms with van der Waals surface area (Å²) in [6, 6.07) is 19.4. The number of hydrogen-bond donors (Lipinski definition) is 0. The van der Waals surface area contributed by atoms with Gasteiger partial charge in [-0.2, -0.15) is 5.10 Å². The Labute approximate surface area is 282 Å². The van der Waals surface area contributed by atoms with Crippen molar-refractivity contribution in [3.05, 3.63) is 137 Å². The van der Waals surface area contributed by atoms with E-state index in [0.717, 1.165) is 17.0 Å². The molecule has 0 bridgehead atoms. The number of rotatable bonds is 9. The Hall–Kier alpha value is -6.15. The molecular weight excluding hydrogens is 650 g/mol. The van der Waals surface area contributed by atoms with E-state index in [2.05, 4.69) is 4.99 Å². The van der Waals surface area contributed by atoms with E-state index in [0.29, 0.717) is 38.4 Å². The fourth-order valence-electron chi connectivity index (χ4n) is 5.58. The summed E-state index contributed by atoms with van der Waals surface area (Å²) in [5.41, 5.74) is 2.83. The van der Waals surface area contributed by atoms with E-state index in [-0.39, 0.29) is 28.1 Å². The molecule has 0 aliphatic carbocycles. The summed E-state index contributed by atoms with van der Waals surface area (Å²) >= 11 is 1.12. The molecule has 0 saturated carbocycles. The van der Waals surface area contributed by atoms with Gasteiger partial charge in [-0.25, -0.2) is 19.3 Å². The van der Waals surface area contributed by atoms with Crippen LogP contribution in [0.2, 0.25) is 0 Å². The first kappa shape index (κ1) is 32.8. The van der Waals surface area contributed by atoms with E-state index in [1.54, 1.807) is 61.1 Å². The summed E-state index contributed by atoms with van der Waals surface area (Å²) in [5, 5.41) is 16.6. The number of allylic oxidation sites excluding steroid dienone is 1. The molecular formula is C35H29N5O8S. The van der Waals surface area contributed by atoms with E-state index in [4.69, 9.17) is 19.3 Å². The number of methoxy groups -OCH3 is 2. The van der Waals surface area contributed by atoms with Crippen molar-refractivity contribution < 1.29 is 28.7 Å². The number of thiazole rings is 1. The van der Waals surface area contributed by atoms with Crippen molar-refractivity contribution in [2.45, 2.75) is 19.9 Å². The third-order valence-corrected chi connectivity index (χ3v) is 8.85. The van der Waals surface area contributed by atoms with Crippen LogP contribution >= 0.6 is 11.3 Å². The standard InChI is InChI=1S/C35H29N5O8S/c1-5-48-34(43)29-20(2)36-35-39(31(29)21-11-13-22(14-12-21)33(42)47-4)32(41)28(49-35)18-24-19-38(25-9-7-6-8-10-25)37-30(24)23-15-16-27(46-3)26(17-23)40(44)45/h6-19,31H,5H2,1-4H3. The highest BCUT2D eigenvalue weighted by atomic mass is 32.1. The third-order valence-electron chi connectivity index (χ3n) is 7.86. The summed E-state index contributed by atoms with van der Waals surface area (Å²) in [5.74, 6) is -1.05. The molecule has 2 aromatic heterocycles. The van der Waals surface area contributed by atoms with Crippen LogP contribution in [-0.2, 0) is 14.3 Å². The van der Waals surface area contributed by atoms with Gasteiger partial charge in [0.05, 0.1) is 58.8 Å². The molecule has 5 aromatic rings. The van der Waals surface area contributed by atoms with Crippen molar-refractivity contribution >= 4 is 35.0 Å². The van der Waals surface area contributed by atoms with Gasteiger partial charge in [-0.05, 0) is 61.9 Å². The number of carbonyl (C=O) groups excluding carboxylic acids is 2. The SMILES string of the molecule is CCOC(=O)C1=C(C)N=c2sc(=Cc3cn(-c4ccccc4)nc3-c3ccc(OC)c([N+](=O)[O-])c3)c(=O)n2C1c1ccc(C(=O)OC)cc1. The fraction of sp³-hybridized carbons (Fsp3) is 0.171. The van der Waals surface area contributed by atoms with Crippen LogP contribution in [0.5, 0.6) is 5.75 Å². The smallest absolute Gasteiger partial charge is 0.338 e. The number of aromatic nitrogens is 3. The quantitative estimate of drug-likeness (QED) is 0.125. The number of nitro groups is 1. The summed E-state index contributed by atoms with van der Waals surface area (Å²) in [4.78, 5) is 56.0. The molecule has 1 atom stereocenters. The Kier molecular flexibility index (Phi) is 9.05. The Balaban J connectivity index is 1.56. The number of nitro benzene ring substituents is 1. The molecule has 0 N–H and O–H groups in total. The lowest BCUT2D eigenvalue weighted by Crippen LogP contribution is -2.40. The summed E-state index contributed by atoms with van der Waals surface area (Å²) in [6.45, 7) is 3.48. The average molecular weight is 680 g/mol. The Morgan fingerprint density at radius 1 is 1.04 bits per heavy atom. The molecule has 14 heteroatoms. The van der Waals surface area contributed by atoms with E-state index in [9.17, 15) is 24.5 Å². The van der Waals surface area contributed by atoms with Gasteiger partial charge in [0.2, 0.25) is 0 Å². The normalized spacial score (nSPS) is 14.2. The number of carbonyl (C=O) groups is 2. The maximum absolute atomic E-state index is 14.3.